The fraction of sp³-hybridized carbons (Fsp3) is 0.857. The van der Waals surface area contributed by atoms with Gasteiger partial charge in [-0.3, -0.25) is 4.79 Å². The van der Waals surface area contributed by atoms with Crippen LogP contribution in [0.4, 0.5) is 0 Å². The maximum atomic E-state index is 10.7. The van der Waals surface area contributed by atoms with E-state index in [4.69, 9.17) is 5.11 Å². The molecule has 0 aromatic carbocycles. The lowest BCUT2D eigenvalue weighted by Gasteiger charge is -2.07. The molecule has 0 rings (SSSR count). The van der Waals surface area contributed by atoms with Crippen LogP contribution < -0.4 is 0 Å². The summed E-state index contributed by atoms with van der Waals surface area (Å²) in [6.07, 6.45) is -0.749. The molecule has 0 bridgehead atoms. The van der Waals surface area contributed by atoms with Crippen LogP contribution in [-0.4, -0.2) is 37.5 Å². The molecule has 0 spiro atoms. The van der Waals surface area contributed by atoms with E-state index in [1.165, 1.54) is 7.11 Å². The zero-order valence-corrected chi connectivity index (χ0v) is 6.87. The molecule has 0 aliphatic rings. The summed E-state index contributed by atoms with van der Waals surface area (Å²) in [6, 6.07) is 0. The SMILES string of the molecule is CCOC(=O)C[C@@H](O)COC. The normalized spacial score (nSPS) is 12.6. The Morgan fingerprint density at radius 1 is 1.64 bits per heavy atom. The first-order valence-electron chi connectivity index (χ1n) is 3.53. The average molecular weight is 162 g/mol. The van der Waals surface area contributed by atoms with Crippen molar-refractivity contribution in [1.82, 2.24) is 0 Å². The van der Waals surface area contributed by atoms with E-state index in [9.17, 15) is 4.79 Å². The quantitative estimate of drug-likeness (QED) is 0.576. The number of methoxy groups -OCH3 is 1. The molecule has 66 valence electrons. The highest BCUT2D eigenvalue weighted by Gasteiger charge is 2.10. The van der Waals surface area contributed by atoms with Gasteiger partial charge in [-0.25, -0.2) is 0 Å². The first-order chi connectivity index (χ1) is 5.20. The summed E-state index contributed by atoms with van der Waals surface area (Å²) in [4.78, 5) is 10.7. The summed E-state index contributed by atoms with van der Waals surface area (Å²) in [5.41, 5.74) is 0. The van der Waals surface area contributed by atoms with Gasteiger partial charge in [0.2, 0.25) is 0 Å². The van der Waals surface area contributed by atoms with Crippen LogP contribution in [0.25, 0.3) is 0 Å². The van der Waals surface area contributed by atoms with Crippen LogP contribution in [0.15, 0.2) is 0 Å². The summed E-state index contributed by atoms with van der Waals surface area (Å²) in [6.45, 7) is 2.23. The van der Waals surface area contributed by atoms with Crippen LogP contribution in [0.3, 0.4) is 0 Å². The lowest BCUT2D eigenvalue weighted by Crippen LogP contribution is -2.20. The number of rotatable bonds is 5. The summed E-state index contributed by atoms with van der Waals surface area (Å²) in [5.74, 6) is -0.392. The van der Waals surface area contributed by atoms with Crippen LogP contribution in [0.5, 0.6) is 0 Å². The zero-order chi connectivity index (χ0) is 8.69. The molecule has 0 amide bonds. The molecule has 0 heterocycles. The minimum Gasteiger partial charge on any atom is -0.466 e. The Balaban J connectivity index is 3.40. The van der Waals surface area contributed by atoms with Gasteiger partial charge in [-0.2, -0.15) is 0 Å². The van der Waals surface area contributed by atoms with Gasteiger partial charge in [0.05, 0.1) is 25.7 Å². The molecular formula is C7H14O4. The fourth-order valence-electron chi connectivity index (χ4n) is 0.664. The van der Waals surface area contributed by atoms with E-state index in [0.29, 0.717) is 6.61 Å². The van der Waals surface area contributed by atoms with E-state index in [1.54, 1.807) is 6.92 Å². The molecule has 0 saturated heterocycles. The highest BCUT2D eigenvalue weighted by Crippen LogP contribution is 1.94. The maximum absolute atomic E-state index is 10.7. The number of aliphatic hydroxyl groups is 1. The number of hydrogen-bond donors (Lipinski definition) is 1. The predicted octanol–water partition coefficient (Wildman–Crippen LogP) is -0.0531. The summed E-state index contributed by atoms with van der Waals surface area (Å²) >= 11 is 0. The number of hydrogen-bond acceptors (Lipinski definition) is 4. The van der Waals surface area contributed by atoms with Crippen molar-refractivity contribution >= 4 is 5.97 Å². The Labute approximate surface area is 66.1 Å². The van der Waals surface area contributed by atoms with Crippen molar-refractivity contribution in [3.05, 3.63) is 0 Å². The van der Waals surface area contributed by atoms with Gasteiger partial charge in [0.1, 0.15) is 0 Å². The van der Waals surface area contributed by atoms with Gasteiger partial charge in [-0.15, -0.1) is 0 Å². The number of carbonyl (C=O) groups excluding carboxylic acids is 1. The third-order valence-corrected chi connectivity index (χ3v) is 1.07. The highest BCUT2D eigenvalue weighted by atomic mass is 16.5. The molecule has 4 nitrogen and oxygen atoms in total. The van der Waals surface area contributed by atoms with E-state index in [0.717, 1.165) is 0 Å². The van der Waals surface area contributed by atoms with E-state index < -0.39 is 12.1 Å². The first kappa shape index (κ1) is 10.4. The van der Waals surface area contributed by atoms with Crippen molar-refractivity contribution in [3.63, 3.8) is 0 Å². The summed E-state index contributed by atoms with van der Waals surface area (Å²) in [5, 5.41) is 9.02. The molecule has 4 heteroatoms. The Kier molecular flexibility index (Phi) is 5.78. The molecule has 0 radical (unpaired) electrons. The largest absolute Gasteiger partial charge is 0.466 e. The maximum Gasteiger partial charge on any atom is 0.308 e. The van der Waals surface area contributed by atoms with Crippen LogP contribution in [0.1, 0.15) is 13.3 Å². The molecule has 0 aromatic heterocycles. The number of ether oxygens (including phenoxy) is 2. The third kappa shape index (κ3) is 5.82. The lowest BCUT2D eigenvalue weighted by atomic mass is 10.3. The molecule has 0 unspecified atom stereocenters. The molecule has 0 saturated carbocycles. The number of aliphatic hydroxyl groups excluding tert-OH is 1. The van der Waals surface area contributed by atoms with Crippen LogP contribution in [0.2, 0.25) is 0 Å². The van der Waals surface area contributed by atoms with Gasteiger partial charge in [-0.1, -0.05) is 0 Å². The van der Waals surface area contributed by atoms with Gasteiger partial charge in [-0.05, 0) is 6.92 Å². The van der Waals surface area contributed by atoms with Crippen LogP contribution in [0, 0.1) is 0 Å². The van der Waals surface area contributed by atoms with E-state index in [1.807, 2.05) is 0 Å². The number of esters is 1. The second-order valence-corrected chi connectivity index (χ2v) is 2.12. The number of carbonyl (C=O) groups is 1. The standard InChI is InChI=1S/C7H14O4/c1-3-11-7(9)4-6(8)5-10-2/h6,8H,3-5H2,1-2H3/t6-/m1/s1. The van der Waals surface area contributed by atoms with Crippen molar-refractivity contribution in [2.45, 2.75) is 19.4 Å². The van der Waals surface area contributed by atoms with Crippen molar-refractivity contribution in [2.75, 3.05) is 20.3 Å². The van der Waals surface area contributed by atoms with Crippen molar-refractivity contribution in [1.29, 1.82) is 0 Å². The molecule has 11 heavy (non-hydrogen) atoms. The van der Waals surface area contributed by atoms with Crippen LogP contribution >= 0.6 is 0 Å². The average Bonchev–Trinajstić information content (AvgIpc) is 1.87. The minimum atomic E-state index is -0.751. The molecular weight excluding hydrogens is 148 g/mol. The lowest BCUT2D eigenvalue weighted by molar-refractivity contribution is -0.146. The van der Waals surface area contributed by atoms with Crippen LogP contribution in [-0.2, 0) is 14.3 Å². The van der Waals surface area contributed by atoms with Crippen molar-refractivity contribution in [3.8, 4) is 0 Å². The van der Waals surface area contributed by atoms with Gasteiger partial charge >= 0.3 is 5.97 Å². The fourth-order valence-corrected chi connectivity index (χ4v) is 0.664. The summed E-state index contributed by atoms with van der Waals surface area (Å²) in [7, 11) is 1.47. The Morgan fingerprint density at radius 2 is 2.27 bits per heavy atom. The first-order valence-corrected chi connectivity index (χ1v) is 3.53. The Morgan fingerprint density at radius 3 is 2.73 bits per heavy atom. The minimum absolute atomic E-state index is 0.00167. The molecule has 0 aliphatic carbocycles. The topological polar surface area (TPSA) is 55.8 Å². The van der Waals surface area contributed by atoms with Crippen molar-refractivity contribution in [2.24, 2.45) is 0 Å². The van der Waals surface area contributed by atoms with E-state index >= 15 is 0 Å². The smallest absolute Gasteiger partial charge is 0.308 e. The van der Waals surface area contributed by atoms with Crippen molar-refractivity contribution < 1.29 is 19.4 Å². The van der Waals surface area contributed by atoms with Gasteiger partial charge in [0.25, 0.3) is 0 Å². The van der Waals surface area contributed by atoms with E-state index in [2.05, 4.69) is 9.47 Å². The Bertz CT molecular complexity index is 113. The second kappa shape index (κ2) is 6.12. The molecule has 0 aromatic rings. The second-order valence-electron chi connectivity index (χ2n) is 2.12. The zero-order valence-electron chi connectivity index (χ0n) is 6.87. The molecule has 0 aliphatic heterocycles. The van der Waals surface area contributed by atoms with Gasteiger partial charge < -0.3 is 14.6 Å². The predicted molar refractivity (Wildman–Crippen MR) is 39.1 cm³/mol. The van der Waals surface area contributed by atoms with Gasteiger partial charge in [0.15, 0.2) is 0 Å². The summed E-state index contributed by atoms with van der Waals surface area (Å²) < 4.78 is 9.23. The monoisotopic (exact) mass is 162 g/mol. The van der Waals surface area contributed by atoms with E-state index in [-0.39, 0.29) is 13.0 Å². The molecule has 1 N–H and O–H groups in total. The third-order valence-electron chi connectivity index (χ3n) is 1.07. The molecule has 0 fully saturated rings. The highest BCUT2D eigenvalue weighted by molar-refractivity contribution is 5.69. The van der Waals surface area contributed by atoms with Gasteiger partial charge in [0, 0.05) is 7.11 Å². The Hall–Kier alpha value is -0.610. The molecule has 1 atom stereocenters.